The van der Waals surface area contributed by atoms with Gasteiger partial charge in [-0.3, -0.25) is 0 Å². The molecule has 2 aromatic carbocycles. The minimum absolute atomic E-state index is 0.125. The first-order valence-electron chi connectivity index (χ1n) is 6.19. The Hall–Kier alpha value is -1.96. The molecule has 0 bridgehead atoms. The van der Waals surface area contributed by atoms with Gasteiger partial charge in [0.25, 0.3) is 0 Å². The van der Waals surface area contributed by atoms with Crippen molar-refractivity contribution in [3.63, 3.8) is 0 Å². The predicted molar refractivity (Wildman–Crippen MR) is 76.8 cm³/mol. The van der Waals surface area contributed by atoms with Crippen molar-refractivity contribution in [1.29, 1.82) is 0 Å². The summed E-state index contributed by atoms with van der Waals surface area (Å²) in [5.41, 5.74) is 10.2. The number of aryl methyl sites for hydroxylation is 1. The lowest BCUT2D eigenvalue weighted by molar-refractivity contribution is 0.244. The highest BCUT2D eigenvalue weighted by Crippen LogP contribution is 2.30. The van der Waals surface area contributed by atoms with Crippen LogP contribution < -0.4 is 10.5 Å². The fraction of sp³-hybridized carbons (Fsp3) is 0.250. The molecule has 94 valence electrons. The number of anilines is 1. The van der Waals surface area contributed by atoms with Crippen molar-refractivity contribution >= 4 is 5.69 Å². The molecule has 0 radical (unpaired) electrons. The van der Waals surface area contributed by atoms with E-state index in [1.807, 2.05) is 32.0 Å². The fourth-order valence-corrected chi connectivity index (χ4v) is 1.89. The van der Waals surface area contributed by atoms with Gasteiger partial charge in [-0.2, -0.15) is 0 Å². The maximum atomic E-state index is 5.92. The topological polar surface area (TPSA) is 35.2 Å². The van der Waals surface area contributed by atoms with Gasteiger partial charge in [0.1, 0.15) is 5.75 Å². The van der Waals surface area contributed by atoms with E-state index in [-0.39, 0.29) is 6.10 Å². The molecule has 0 saturated heterocycles. The standard InChI is InChI=1S/C16H19NO/c1-11(2)18-16-10-14(7-8-15(16)17)13-6-4-5-12(3)9-13/h4-11H,17H2,1-3H3. The molecule has 0 amide bonds. The van der Waals surface area contributed by atoms with Crippen LogP contribution in [0.4, 0.5) is 5.69 Å². The SMILES string of the molecule is Cc1cccc(-c2ccc(N)c(OC(C)C)c2)c1. The van der Waals surface area contributed by atoms with Gasteiger partial charge in [-0.25, -0.2) is 0 Å². The maximum absolute atomic E-state index is 5.92. The number of nitrogen functional groups attached to an aromatic ring is 1. The molecule has 0 aromatic heterocycles. The molecule has 2 heteroatoms. The highest BCUT2D eigenvalue weighted by atomic mass is 16.5. The van der Waals surface area contributed by atoms with Crippen molar-refractivity contribution in [3.05, 3.63) is 48.0 Å². The van der Waals surface area contributed by atoms with Gasteiger partial charge in [0, 0.05) is 0 Å². The smallest absolute Gasteiger partial charge is 0.143 e. The Bertz CT molecular complexity index is 547. The largest absolute Gasteiger partial charge is 0.489 e. The van der Waals surface area contributed by atoms with Crippen LogP contribution in [0.1, 0.15) is 19.4 Å². The van der Waals surface area contributed by atoms with Crippen LogP contribution in [0.2, 0.25) is 0 Å². The lowest BCUT2D eigenvalue weighted by Crippen LogP contribution is -2.07. The van der Waals surface area contributed by atoms with Crippen LogP contribution >= 0.6 is 0 Å². The monoisotopic (exact) mass is 241 g/mol. The number of benzene rings is 2. The third-order valence-electron chi connectivity index (χ3n) is 2.73. The number of hydrogen-bond acceptors (Lipinski definition) is 2. The average molecular weight is 241 g/mol. The van der Waals surface area contributed by atoms with Gasteiger partial charge < -0.3 is 10.5 Å². The molecule has 2 N–H and O–H groups in total. The van der Waals surface area contributed by atoms with E-state index in [9.17, 15) is 0 Å². The van der Waals surface area contributed by atoms with Crippen LogP contribution in [0.3, 0.4) is 0 Å². The van der Waals surface area contributed by atoms with Gasteiger partial charge in [-0.05, 0) is 44.0 Å². The van der Waals surface area contributed by atoms with E-state index in [0.717, 1.165) is 11.3 Å². The summed E-state index contributed by atoms with van der Waals surface area (Å²) in [5.74, 6) is 0.754. The van der Waals surface area contributed by atoms with Gasteiger partial charge in [0.05, 0.1) is 11.8 Å². The van der Waals surface area contributed by atoms with Crippen molar-refractivity contribution in [1.82, 2.24) is 0 Å². The van der Waals surface area contributed by atoms with E-state index >= 15 is 0 Å². The molecule has 0 saturated carbocycles. The van der Waals surface area contributed by atoms with Crippen LogP contribution in [0.25, 0.3) is 11.1 Å². The lowest BCUT2D eigenvalue weighted by atomic mass is 10.0. The Morgan fingerprint density at radius 1 is 1.00 bits per heavy atom. The summed E-state index contributed by atoms with van der Waals surface area (Å²) in [7, 11) is 0. The molecule has 0 aliphatic rings. The zero-order chi connectivity index (χ0) is 13.1. The predicted octanol–water partition coefficient (Wildman–Crippen LogP) is 4.03. The van der Waals surface area contributed by atoms with Gasteiger partial charge in [0.15, 0.2) is 0 Å². The Morgan fingerprint density at radius 3 is 2.39 bits per heavy atom. The van der Waals surface area contributed by atoms with Crippen molar-refractivity contribution in [2.24, 2.45) is 0 Å². The number of ether oxygens (including phenoxy) is 1. The van der Waals surface area contributed by atoms with E-state index in [4.69, 9.17) is 10.5 Å². The Kier molecular flexibility index (Phi) is 3.56. The van der Waals surface area contributed by atoms with Crippen LogP contribution in [-0.4, -0.2) is 6.10 Å². The molecule has 2 aromatic rings. The van der Waals surface area contributed by atoms with Crippen molar-refractivity contribution < 1.29 is 4.74 Å². The minimum atomic E-state index is 0.125. The molecule has 0 aliphatic heterocycles. The van der Waals surface area contributed by atoms with Crippen LogP contribution in [0.15, 0.2) is 42.5 Å². The molecule has 0 spiro atoms. The van der Waals surface area contributed by atoms with Crippen molar-refractivity contribution in [2.45, 2.75) is 26.9 Å². The highest BCUT2D eigenvalue weighted by Gasteiger charge is 2.06. The summed E-state index contributed by atoms with van der Waals surface area (Å²) >= 11 is 0. The molecule has 2 rings (SSSR count). The maximum Gasteiger partial charge on any atom is 0.143 e. The summed E-state index contributed by atoms with van der Waals surface area (Å²) < 4.78 is 5.71. The van der Waals surface area contributed by atoms with Gasteiger partial charge in [-0.1, -0.05) is 35.9 Å². The molecule has 0 aliphatic carbocycles. The van der Waals surface area contributed by atoms with E-state index in [1.54, 1.807) is 0 Å². The summed E-state index contributed by atoms with van der Waals surface area (Å²) in [6, 6.07) is 14.3. The summed E-state index contributed by atoms with van der Waals surface area (Å²) in [6.07, 6.45) is 0.125. The highest BCUT2D eigenvalue weighted by molar-refractivity contribution is 5.70. The van der Waals surface area contributed by atoms with Crippen molar-refractivity contribution in [3.8, 4) is 16.9 Å². The van der Waals surface area contributed by atoms with E-state index in [2.05, 4.69) is 31.2 Å². The average Bonchev–Trinajstić information content (AvgIpc) is 2.31. The van der Waals surface area contributed by atoms with Crippen LogP contribution in [0, 0.1) is 6.92 Å². The third-order valence-corrected chi connectivity index (χ3v) is 2.73. The fourth-order valence-electron chi connectivity index (χ4n) is 1.89. The normalized spacial score (nSPS) is 10.7. The first-order valence-corrected chi connectivity index (χ1v) is 6.19. The van der Waals surface area contributed by atoms with E-state index in [1.165, 1.54) is 11.1 Å². The van der Waals surface area contributed by atoms with E-state index in [0.29, 0.717) is 5.69 Å². The number of nitrogens with two attached hydrogens (primary N) is 1. The zero-order valence-electron chi connectivity index (χ0n) is 11.1. The first kappa shape index (κ1) is 12.5. The molecule has 2 nitrogen and oxygen atoms in total. The second-order valence-electron chi connectivity index (χ2n) is 4.79. The molecule has 0 fully saturated rings. The summed E-state index contributed by atoms with van der Waals surface area (Å²) in [6.45, 7) is 6.09. The lowest BCUT2D eigenvalue weighted by Gasteiger charge is -2.13. The number of rotatable bonds is 3. The molecular formula is C16H19NO. The van der Waals surface area contributed by atoms with Gasteiger partial charge >= 0.3 is 0 Å². The minimum Gasteiger partial charge on any atom is -0.489 e. The van der Waals surface area contributed by atoms with Gasteiger partial charge in [0.2, 0.25) is 0 Å². The van der Waals surface area contributed by atoms with E-state index < -0.39 is 0 Å². The van der Waals surface area contributed by atoms with Crippen LogP contribution in [0.5, 0.6) is 5.75 Å². The number of hydrogen-bond donors (Lipinski definition) is 1. The second kappa shape index (κ2) is 5.13. The summed E-state index contributed by atoms with van der Waals surface area (Å²) in [4.78, 5) is 0. The molecule has 0 atom stereocenters. The second-order valence-corrected chi connectivity index (χ2v) is 4.79. The molecular weight excluding hydrogens is 222 g/mol. The Balaban J connectivity index is 2.40. The Labute approximate surface area is 108 Å². The van der Waals surface area contributed by atoms with Crippen LogP contribution in [-0.2, 0) is 0 Å². The zero-order valence-corrected chi connectivity index (χ0v) is 11.1. The quantitative estimate of drug-likeness (QED) is 0.823. The molecule has 0 heterocycles. The van der Waals surface area contributed by atoms with Crippen molar-refractivity contribution in [2.75, 3.05) is 5.73 Å². The Morgan fingerprint density at radius 2 is 1.72 bits per heavy atom. The third kappa shape index (κ3) is 2.83. The molecule has 0 unspecified atom stereocenters. The molecule has 18 heavy (non-hydrogen) atoms. The van der Waals surface area contributed by atoms with Gasteiger partial charge in [-0.15, -0.1) is 0 Å². The summed E-state index contributed by atoms with van der Waals surface area (Å²) in [5, 5.41) is 0. The first-order chi connectivity index (χ1) is 8.56.